The van der Waals surface area contributed by atoms with Gasteiger partial charge in [0.25, 0.3) is 5.91 Å². The zero-order chi connectivity index (χ0) is 26.3. The number of fused-ring (bicyclic) bond motifs is 2. The average Bonchev–Trinajstić information content (AvgIpc) is 3.28. The third-order valence-electron chi connectivity index (χ3n) is 7.29. The predicted octanol–water partition coefficient (Wildman–Crippen LogP) is 1.04. The number of nitrogens with one attached hydrogen (secondary N) is 1. The normalized spacial score (nSPS) is 26.0. The minimum atomic E-state index is -2.10. The molecule has 6 N–H and O–H groups in total. The number of amides is 1. The van der Waals surface area contributed by atoms with Gasteiger partial charge in [-0.3, -0.25) is 4.79 Å². The lowest BCUT2D eigenvalue weighted by molar-refractivity contribution is -0.288. The molecule has 9 heteroatoms. The first kappa shape index (κ1) is 25.3. The van der Waals surface area contributed by atoms with E-state index in [4.69, 9.17) is 4.74 Å². The van der Waals surface area contributed by atoms with Crippen molar-refractivity contribution in [3.05, 3.63) is 83.6 Å². The van der Waals surface area contributed by atoms with Crippen LogP contribution in [0.3, 0.4) is 0 Å². The van der Waals surface area contributed by atoms with Crippen LogP contribution in [-0.4, -0.2) is 79.4 Å². The predicted molar refractivity (Wildman–Crippen MR) is 137 cm³/mol. The Bertz CT molecular complexity index is 1450. The van der Waals surface area contributed by atoms with Crippen LogP contribution in [0.2, 0.25) is 0 Å². The van der Waals surface area contributed by atoms with Crippen molar-refractivity contribution in [3.8, 4) is 0 Å². The van der Waals surface area contributed by atoms with Gasteiger partial charge in [-0.2, -0.15) is 0 Å². The van der Waals surface area contributed by atoms with E-state index in [2.05, 4.69) is 17.4 Å². The number of carbonyl (C=O) groups excluding carboxylic acids is 1. The molecule has 0 aliphatic carbocycles. The molecule has 0 radical (unpaired) electrons. The molecule has 0 bridgehead atoms. The summed E-state index contributed by atoms with van der Waals surface area (Å²) in [7, 11) is 0. The Balaban J connectivity index is 1.52. The van der Waals surface area contributed by atoms with Gasteiger partial charge in [-0.25, -0.2) is 0 Å². The van der Waals surface area contributed by atoms with Gasteiger partial charge < -0.3 is 40.2 Å². The number of hydrogen-bond acceptors (Lipinski definition) is 7. The van der Waals surface area contributed by atoms with E-state index >= 15 is 0 Å². The molecule has 0 saturated carbocycles. The number of hydrogen-bond donors (Lipinski definition) is 6. The summed E-state index contributed by atoms with van der Waals surface area (Å²) in [5.41, 5.74) is 0.884. The quantitative estimate of drug-likeness (QED) is 0.229. The Morgan fingerprint density at radius 2 is 1.78 bits per heavy atom. The Hall–Kier alpha value is -3.31. The van der Waals surface area contributed by atoms with Crippen molar-refractivity contribution in [2.45, 2.75) is 43.6 Å². The number of carbonyl (C=O) groups is 1. The van der Waals surface area contributed by atoms with Crippen molar-refractivity contribution in [1.82, 2.24) is 9.88 Å². The standard InChI is InChI=1S/C28H30N2O7/c1-16-5-4-8-21-23(16)20(13-30(21)12-17-9-10-18-6-2-3-7-19(18)11-17)26(35)29-28(15-32)25(34)24(33)22(14-31)37-27(28)36/h2-11,13,22,24-25,27,31-34,36H,12,14-15H2,1H3,(H,29,35)/t22-,24-,25+,27?,28-/m1/s1. The molecule has 4 aromatic rings. The van der Waals surface area contributed by atoms with Gasteiger partial charge in [-0.15, -0.1) is 0 Å². The lowest BCUT2D eigenvalue weighted by Crippen LogP contribution is -2.74. The Labute approximate surface area is 213 Å². The molecule has 1 amide bonds. The van der Waals surface area contributed by atoms with Gasteiger partial charge in [0.1, 0.15) is 23.9 Å². The SMILES string of the molecule is Cc1cccc2c1c(C(=O)N[C@@]1(CO)C(O)O[C@H](CO)[C@@H](O)[C@@H]1O)cn2Cc1ccc2ccccc2c1. The first-order chi connectivity index (χ1) is 17.8. The van der Waals surface area contributed by atoms with Gasteiger partial charge in [0.15, 0.2) is 6.29 Å². The molecule has 37 heavy (non-hydrogen) atoms. The van der Waals surface area contributed by atoms with Crippen LogP contribution in [0.5, 0.6) is 0 Å². The van der Waals surface area contributed by atoms with E-state index in [0.717, 1.165) is 27.4 Å². The first-order valence-corrected chi connectivity index (χ1v) is 12.1. The molecular weight excluding hydrogens is 476 g/mol. The van der Waals surface area contributed by atoms with E-state index < -0.39 is 49.3 Å². The van der Waals surface area contributed by atoms with Crippen molar-refractivity contribution in [2.75, 3.05) is 13.2 Å². The lowest BCUT2D eigenvalue weighted by Gasteiger charge is -2.48. The van der Waals surface area contributed by atoms with Crippen LogP contribution >= 0.6 is 0 Å². The van der Waals surface area contributed by atoms with Crippen molar-refractivity contribution < 1.29 is 35.1 Å². The number of aryl methyl sites for hydroxylation is 1. The van der Waals surface area contributed by atoms with Gasteiger partial charge in [-0.05, 0) is 41.0 Å². The molecule has 0 spiro atoms. The van der Waals surface area contributed by atoms with Gasteiger partial charge >= 0.3 is 0 Å². The van der Waals surface area contributed by atoms with Crippen LogP contribution in [0, 0.1) is 6.92 Å². The number of aliphatic hydroxyl groups excluding tert-OH is 5. The molecule has 5 rings (SSSR count). The largest absolute Gasteiger partial charge is 0.394 e. The minimum Gasteiger partial charge on any atom is -0.394 e. The first-order valence-electron chi connectivity index (χ1n) is 12.1. The monoisotopic (exact) mass is 506 g/mol. The summed E-state index contributed by atoms with van der Waals surface area (Å²) in [5.74, 6) is -0.665. The smallest absolute Gasteiger partial charge is 0.254 e. The van der Waals surface area contributed by atoms with E-state index in [-0.39, 0.29) is 5.56 Å². The summed E-state index contributed by atoms with van der Waals surface area (Å²) in [4.78, 5) is 13.6. The fraction of sp³-hybridized carbons (Fsp3) is 0.321. The second kappa shape index (κ2) is 9.86. The fourth-order valence-corrected chi connectivity index (χ4v) is 5.17. The Morgan fingerprint density at radius 1 is 1.03 bits per heavy atom. The molecule has 2 heterocycles. The van der Waals surface area contributed by atoms with Crippen LogP contribution in [0.4, 0.5) is 0 Å². The molecule has 1 fully saturated rings. The van der Waals surface area contributed by atoms with Gasteiger partial charge in [-0.1, -0.05) is 48.5 Å². The van der Waals surface area contributed by atoms with Crippen LogP contribution in [0.15, 0.2) is 66.9 Å². The highest BCUT2D eigenvalue weighted by molar-refractivity contribution is 6.08. The van der Waals surface area contributed by atoms with Crippen LogP contribution < -0.4 is 5.32 Å². The average molecular weight is 507 g/mol. The highest BCUT2D eigenvalue weighted by Gasteiger charge is 2.56. The van der Waals surface area contributed by atoms with Gasteiger partial charge in [0.2, 0.25) is 0 Å². The van der Waals surface area contributed by atoms with E-state index in [1.807, 2.05) is 60.0 Å². The molecule has 1 saturated heterocycles. The van der Waals surface area contributed by atoms with E-state index in [1.54, 1.807) is 6.20 Å². The second-order valence-corrected chi connectivity index (χ2v) is 9.62. The molecule has 5 atom stereocenters. The molecular formula is C28H30N2O7. The number of aromatic nitrogens is 1. The molecule has 1 aliphatic heterocycles. The Morgan fingerprint density at radius 3 is 2.51 bits per heavy atom. The third-order valence-corrected chi connectivity index (χ3v) is 7.29. The number of rotatable bonds is 6. The topological polar surface area (TPSA) is 144 Å². The lowest BCUT2D eigenvalue weighted by atomic mass is 9.83. The maximum Gasteiger partial charge on any atom is 0.254 e. The van der Waals surface area contributed by atoms with Gasteiger partial charge in [0.05, 0.1) is 18.8 Å². The van der Waals surface area contributed by atoms with Crippen molar-refractivity contribution in [3.63, 3.8) is 0 Å². The number of benzene rings is 3. The molecule has 1 aromatic heterocycles. The zero-order valence-corrected chi connectivity index (χ0v) is 20.3. The summed E-state index contributed by atoms with van der Waals surface area (Å²) in [6.45, 7) is 0.802. The number of ether oxygens (including phenoxy) is 1. The van der Waals surface area contributed by atoms with Gasteiger partial charge in [0, 0.05) is 23.6 Å². The summed E-state index contributed by atoms with van der Waals surface area (Å²) in [5, 5.41) is 56.6. The molecule has 1 unspecified atom stereocenters. The molecule has 9 nitrogen and oxygen atoms in total. The highest BCUT2D eigenvalue weighted by atomic mass is 16.6. The molecule has 3 aromatic carbocycles. The summed E-state index contributed by atoms with van der Waals surface area (Å²) in [6, 6.07) is 19.9. The van der Waals surface area contributed by atoms with Crippen LogP contribution in [-0.2, 0) is 11.3 Å². The van der Waals surface area contributed by atoms with Crippen molar-refractivity contribution in [2.24, 2.45) is 0 Å². The van der Waals surface area contributed by atoms with Crippen LogP contribution in [0.1, 0.15) is 21.5 Å². The second-order valence-electron chi connectivity index (χ2n) is 9.62. The number of aliphatic hydroxyl groups is 5. The van der Waals surface area contributed by atoms with E-state index in [1.165, 1.54) is 0 Å². The summed E-state index contributed by atoms with van der Waals surface area (Å²) >= 11 is 0. The Kier molecular flexibility index (Phi) is 6.76. The summed E-state index contributed by atoms with van der Waals surface area (Å²) in [6.07, 6.45) is -4.88. The number of nitrogens with zero attached hydrogens (tertiary/aromatic N) is 1. The third kappa shape index (κ3) is 4.29. The van der Waals surface area contributed by atoms with E-state index in [0.29, 0.717) is 11.9 Å². The van der Waals surface area contributed by atoms with Crippen molar-refractivity contribution >= 4 is 27.6 Å². The molecule has 1 aliphatic rings. The van der Waals surface area contributed by atoms with E-state index in [9.17, 15) is 30.3 Å². The maximum atomic E-state index is 13.6. The summed E-state index contributed by atoms with van der Waals surface area (Å²) < 4.78 is 7.16. The molecule has 194 valence electrons. The van der Waals surface area contributed by atoms with Crippen LogP contribution in [0.25, 0.3) is 21.7 Å². The van der Waals surface area contributed by atoms with Crippen molar-refractivity contribution in [1.29, 1.82) is 0 Å². The zero-order valence-electron chi connectivity index (χ0n) is 20.3. The maximum absolute atomic E-state index is 13.6. The minimum absolute atomic E-state index is 0.278. The highest BCUT2D eigenvalue weighted by Crippen LogP contribution is 2.31. The fourth-order valence-electron chi connectivity index (χ4n) is 5.17.